The predicted octanol–water partition coefficient (Wildman–Crippen LogP) is 1.37. The Labute approximate surface area is 159 Å². The van der Waals surface area contributed by atoms with Crippen molar-refractivity contribution < 1.29 is 14.7 Å². The number of nitrogens with one attached hydrogen (secondary N) is 1. The second kappa shape index (κ2) is 8.00. The van der Waals surface area contributed by atoms with Crippen molar-refractivity contribution in [3.05, 3.63) is 59.2 Å². The highest BCUT2D eigenvalue weighted by Crippen LogP contribution is 2.22. The van der Waals surface area contributed by atoms with Gasteiger partial charge in [-0.3, -0.25) is 4.79 Å². The van der Waals surface area contributed by atoms with Crippen molar-refractivity contribution in [2.45, 2.75) is 19.0 Å². The Morgan fingerprint density at radius 2 is 1.89 bits per heavy atom. The quantitative estimate of drug-likeness (QED) is 0.641. The number of hydrogen-bond acceptors (Lipinski definition) is 7. The number of amides is 1. The number of hydrogen-bond donors (Lipinski definition) is 1. The van der Waals surface area contributed by atoms with Crippen LogP contribution in [0.15, 0.2) is 47.6 Å². The zero-order chi connectivity index (χ0) is 19.4. The van der Waals surface area contributed by atoms with Gasteiger partial charge >= 0.3 is 0 Å². The van der Waals surface area contributed by atoms with E-state index in [0.717, 1.165) is 16.8 Å². The minimum Gasteiger partial charge on any atom is -0.545 e. The highest BCUT2D eigenvalue weighted by Gasteiger charge is 2.13. The van der Waals surface area contributed by atoms with E-state index < -0.39 is 5.97 Å². The van der Waals surface area contributed by atoms with Gasteiger partial charge in [0.25, 0.3) is 0 Å². The van der Waals surface area contributed by atoms with E-state index in [0.29, 0.717) is 10.8 Å². The molecular formula is C18H16N5O3S-. The molecule has 9 heteroatoms. The maximum Gasteiger partial charge on any atom is 0.234 e. The number of thioether (sulfide) groups is 1. The van der Waals surface area contributed by atoms with Gasteiger partial charge in [-0.2, -0.15) is 4.68 Å². The average Bonchev–Trinajstić information content (AvgIpc) is 3.11. The number of carboxylic acids is 1. The summed E-state index contributed by atoms with van der Waals surface area (Å²) in [4.78, 5) is 22.9. The zero-order valence-electron chi connectivity index (χ0n) is 14.7. The first-order valence-corrected chi connectivity index (χ1v) is 9.02. The summed E-state index contributed by atoms with van der Waals surface area (Å²) in [5, 5.41) is 25.7. The van der Waals surface area contributed by atoms with Crippen LogP contribution in [0.1, 0.15) is 21.5 Å². The van der Waals surface area contributed by atoms with E-state index in [-0.39, 0.29) is 17.2 Å². The molecule has 138 valence electrons. The van der Waals surface area contributed by atoms with Crippen LogP contribution in [0.5, 0.6) is 0 Å². The first-order valence-electron chi connectivity index (χ1n) is 8.04. The molecule has 0 fully saturated rings. The predicted molar refractivity (Wildman–Crippen MR) is 98.8 cm³/mol. The summed E-state index contributed by atoms with van der Waals surface area (Å²) in [5.74, 6) is -1.41. The van der Waals surface area contributed by atoms with Crippen LogP contribution in [0.3, 0.4) is 0 Å². The second-order valence-corrected chi connectivity index (χ2v) is 6.81. The summed E-state index contributed by atoms with van der Waals surface area (Å²) in [7, 11) is 0. The third kappa shape index (κ3) is 4.50. The molecule has 2 aromatic carbocycles. The maximum atomic E-state index is 12.2. The number of anilines is 1. The monoisotopic (exact) mass is 382 g/mol. The summed E-state index contributed by atoms with van der Waals surface area (Å²) in [5.41, 5.74) is 3.52. The van der Waals surface area contributed by atoms with Gasteiger partial charge in [-0.25, -0.2) is 0 Å². The number of carbonyl (C=O) groups is 2. The third-order valence-electron chi connectivity index (χ3n) is 3.77. The maximum absolute atomic E-state index is 12.2. The topological polar surface area (TPSA) is 113 Å². The number of benzene rings is 2. The molecule has 0 aliphatic heterocycles. The van der Waals surface area contributed by atoms with Crippen LogP contribution in [0.2, 0.25) is 0 Å². The molecule has 0 bridgehead atoms. The molecule has 3 aromatic rings. The summed E-state index contributed by atoms with van der Waals surface area (Å²) in [6.45, 7) is 3.95. The number of aromatic nitrogens is 4. The van der Waals surface area contributed by atoms with E-state index in [2.05, 4.69) is 20.8 Å². The summed E-state index contributed by atoms with van der Waals surface area (Å²) in [6, 6.07) is 11.7. The van der Waals surface area contributed by atoms with Crippen molar-refractivity contribution in [1.82, 2.24) is 20.2 Å². The van der Waals surface area contributed by atoms with Gasteiger partial charge in [-0.05, 0) is 59.2 Å². The van der Waals surface area contributed by atoms with Crippen LogP contribution in [-0.4, -0.2) is 37.8 Å². The van der Waals surface area contributed by atoms with Crippen LogP contribution < -0.4 is 10.4 Å². The molecule has 0 atom stereocenters. The Kier molecular flexibility index (Phi) is 5.51. The Hall–Kier alpha value is -3.20. The van der Waals surface area contributed by atoms with E-state index in [4.69, 9.17) is 0 Å². The summed E-state index contributed by atoms with van der Waals surface area (Å²) < 4.78 is 1.61. The second-order valence-electron chi connectivity index (χ2n) is 5.86. The Morgan fingerprint density at radius 3 is 2.59 bits per heavy atom. The van der Waals surface area contributed by atoms with E-state index >= 15 is 0 Å². The first kappa shape index (κ1) is 18.6. The third-order valence-corrected chi connectivity index (χ3v) is 4.69. The van der Waals surface area contributed by atoms with E-state index in [1.807, 2.05) is 32.0 Å². The smallest absolute Gasteiger partial charge is 0.234 e. The molecular weight excluding hydrogens is 366 g/mol. The van der Waals surface area contributed by atoms with Crippen molar-refractivity contribution in [1.29, 1.82) is 0 Å². The molecule has 1 heterocycles. The lowest BCUT2D eigenvalue weighted by atomic mass is 10.1. The zero-order valence-corrected chi connectivity index (χ0v) is 15.5. The highest BCUT2D eigenvalue weighted by atomic mass is 32.2. The van der Waals surface area contributed by atoms with E-state index in [9.17, 15) is 14.7 Å². The lowest BCUT2D eigenvalue weighted by Crippen LogP contribution is -2.22. The molecule has 0 saturated carbocycles. The van der Waals surface area contributed by atoms with Crippen LogP contribution in [0.25, 0.3) is 5.69 Å². The van der Waals surface area contributed by atoms with Crippen molar-refractivity contribution in [2.24, 2.45) is 0 Å². The Bertz CT molecular complexity index is 985. The van der Waals surface area contributed by atoms with Gasteiger partial charge in [-0.1, -0.05) is 36.0 Å². The molecule has 0 aliphatic carbocycles. The largest absolute Gasteiger partial charge is 0.545 e. The molecule has 27 heavy (non-hydrogen) atoms. The van der Waals surface area contributed by atoms with Crippen LogP contribution in [-0.2, 0) is 4.79 Å². The molecule has 0 spiro atoms. The fraction of sp³-hybridized carbons (Fsp3) is 0.167. The molecule has 0 aliphatic rings. The normalized spacial score (nSPS) is 10.6. The van der Waals surface area contributed by atoms with Gasteiger partial charge < -0.3 is 15.2 Å². The van der Waals surface area contributed by atoms with Crippen molar-refractivity contribution in [2.75, 3.05) is 11.1 Å². The molecule has 0 radical (unpaired) electrons. The molecule has 8 nitrogen and oxygen atoms in total. The fourth-order valence-electron chi connectivity index (χ4n) is 2.38. The molecule has 0 saturated heterocycles. The van der Waals surface area contributed by atoms with Gasteiger partial charge in [0, 0.05) is 5.69 Å². The molecule has 0 unspecified atom stereocenters. The van der Waals surface area contributed by atoms with Gasteiger partial charge in [0.05, 0.1) is 17.4 Å². The number of carboxylic acid groups (broad SMARTS) is 1. The Balaban J connectivity index is 1.65. The fourth-order valence-corrected chi connectivity index (χ4v) is 3.07. The number of carbonyl (C=O) groups excluding carboxylic acids is 2. The lowest BCUT2D eigenvalue weighted by molar-refractivity contribution is -0.255. The molecule has 3 rings (SSSR count). The standard InChI is InChI=1S/C18H17N5O3S/c1-11-3-4-12(2)15(9-11)23-18(20-21-22-23)27-10-16(24)19-14-7-5-13(6-8-14)17(25)26/h3-9H,10H2,1-2H3,(H,19,24)(H,25,26)/p-1. The number of tetrazole rings is 1. The molecule has 1 N–H and O–H groups in total. The SMILES string of the molecule is Cc1ccc(C)c(-n2nnnc2SCC(=O)Nc2ccc(C(=O)[O-])cc2)c1. The summed E-state index contributed by atoms with van der Waals surface area (Å²) >= 11 is 1.21. The van der Waals surface area contributed by atoms with Gasteiger partial charge in [0.1, 0.15) is 0 Å². The minimum absolute atomic E-state index is 0.0510. The number of nitrogens with zero attached hydrogens (tertiary/aromatic N) is 4. The lowest BCUT2D eigenvalue weighted by Gasteiger charge is -2.09. The molecule has 1 aromatic heterocycles. The van der Waals surface area contributed by atoms with Crippen LogP contribution in [0, 0.1) is 13.8 Å². The minimum atomic E-state index is -1.26. The average molecular weight is 382 g/mol. The van der Waals surface area contributed by atoms with Crippen molar-refractivity contribution in [3.8, 4) is 5.69 Å². The van der Waals surface area contributed by atoms with Gasteiger partial charge in [0.15, 0.2) is 0 Å². The summed E-state index contributed by atoms with van der Waals surface area (Å²) in [6.07, 6.45) is 0. The van der Waals surface area contributed by atoms with E-state index in [1.54, 1.807) is 4.68 Å². The number of aryl methyl sites for hydroxylation is 2. The number of aromatic carboxylic acids is 1. The molecule has 1 amide bonds. The van der Waals surface area contributed by atoms with Gasteiger partial charge in [0.2, 0.25) is 11.1 Å². The van der Waals surface area contributed by atoms with Gasteiger partial charge in [-0.15, -0.1) is 5.10 Å². The van der Waals surface area contributed by atoms with Crippen molar-refractivity contribution >= 4 is 29.3 Å². The highest BCUT2D eigenvalue weighted by molar-refractivity contribution is 7.99. The van der Waals surface area contributed by atoms with Crippen LogP contribution in [0.4, 0.5) is 5.69 Å². The first-order chi connectivity index (χ1) is 12.9. The van der Waals surface area contributed by atoms with Crippen LogP contribution >= 0.6 is 11.8 Å². The van der Waals surface area contributed by atoms with Crippen molar-refractivity contribution in [3.63, 3.8) is 0 Å². The van der Waals surface area contributed by atoms with E-state index in [1.165, 1.54) is 36.0 Å². The Morgan fingerprint density at radius 1 is 1.15 bits per heavy atom. The number of rotatable bonds is 6.